The Labute approximate surface area is 175 Å². The van der Waals surface area contributed by atoms with Crippen molar-refractivity contribution in [3.8, 4) is 5.75 Å². The minimum absolute atomic E-state index is 0.125. The number of benzene rings is 3. The minimum atomic E-state index is -0.293. The Morgan fingerprint density at radius 3 is 2.77 bits per heavy atom. The predicted molar refractivity (Wildman–Crippen MR) is 115 cm³/mol. The first-order valence-corrected chi connectivity index (χ1v) is 10.2. The Morgan fingerprint density at radius 1 is 1.07 bits per heavy atom. The summed E-state index contributed by atoms with van der Waals surface area (Å²) in [6.45, 7) is 2.70. The number of nitrogens with one attached hydrogen (secondary N) is 2. The van der Waals surface area contributed by atoms with Gasteiger partial charge in [-0.2, -0.15) is 0 Å². The molecule has 2 aliphatic heterocycles. The smallest absolute Gasteiger partial charge is 0.256 e. The van der Waals surface area contributed by atoms with Crippen molar-refractivity contribution in [2.75, 3.05) is 11.9 Å². The Hall–Kier alpha value is -3.60. The number of fused-ring (bicyclic) bond motifs is 2. The quantitative estimate of drug-likeness (QED) is 0.687. The highest BCUT2D eigenvalue weighted by molar-refractivity contribution is 6.08. The molecule has 0 fully saturated rings. The van der Waals surface area contributed by atoms with E-state index in [0.29, 0.717) is 23.4 Å². The maximum atomic E-state index is 13.2. The molecule has 30 heavy (non-hydrogen) atoms. The van der Waals surface area contributed by atoms with Gasteiger partial charge in [0.2, 0.25) is 0 Å². The lowest BCUT2D eigenvalue weighted by molar-refractivity contribution is 0.0959. The summed E-state index contributed by atoms with van der Waals surface area (Å²) in [5, 5.41) is 6.13. The van der Waals surface area contributed by atoms with Crippen LogP contribution < -0.4 is 15.4 Å². The van der Waals surface area contributed by atoms with E-state index in [0.717, 1.165) is 40.8 Å². The van der Waals surface area contributed by atoms with Gasteiger partial charge < -0.3 is 15.4 Å². The Balaban J connectivity index is 1.54. The van der Waals surface area contributed by atoms with Gasteiger partial charge in [-0.25, -0.2) is 0 Å². The number of hydrogen-bond donors (Lipinski definition) is 2. The van der Waals surface area contributed by atoms with Gasteiger partial charge in [0.15, 0.2) is 0 Å². The molecule has 2 N–H and O–H groups in total. The molecule has 1 atom stereocenters. The Bertz CT molecular complexity index is 1170. The van der Waals surface area contributed by atoms with Gasteiger partial charge in [0, 0.05) is 27.9 Å². The van der Waals surface area contributed by atoms with Crippen molar-refractivity contribution in [3.05, 3.63) is 94.0 Å². The van der Waals surface area contributed by atoms with Crippen LogP contribution >= 0.6 is 0 Å². The van der Waals surface area contributed by atoms with Gasteiger partial charge in [0.25, 0.3) is 11.8 Å². The van der Waals surface area contributed by atoms with Crippen LogP contribution in [0.3, 0.4) is 0 Å². The molecule has 1 unspecified atom stereocenters. The van der Waals surface area contributed by atoms with Gasteiger partial charge in [-0.3, -0.25) is 9.59 Å². The number of anilines is 1. The molecule has 0 aromatic heterocycles. The van der Waals surface area contributed by atoms with Gasteiger partial charge in [-0.1, -0.05) is 36.4 Å². The lowest BCUT2D eigenvalue weighted by Gasteiger charge is -2.21. The van der Waals surface area contributed by atoms with Crippen LogP contribution in [0.5, 0.6) is 5.75 Å². The monoisotopic (exact) mass is 398 g/mol. The molecule has 0 spiro atoms. The lowest BCUT2D eigenvalue weighted by atomic mass is 9.93. The van der Waals surface area contributed by atoms with Crippen LogP contribution in [0.4, 0.5) is 5.69 Å². The summed E-state index contributed by atoms with van der Waals surface area (Å²) in [6.07, 6.45) is 1.71. The summed E-state index contributed by atoms with van der Waals surface area (Å²) in [7, 11) is 0. The zero-order chi connectivity index (χ0) is 20.7. The maximum Gasteiger partial charge on any atom is 0.256 e. The van der Waals surface area contributed by atoms with Crippen LogP contribution in [0, 0.1) is 6.92 Å². The van der Waals surface area contributed by atoms with E-state index in [1.165, 1.54) is 0 Å². The normalized spacial score (nSPS) is 16.8. The van der Waals surface area contributed by atoms with E-state index in [-0.39, 0.29) is 17.9 Å². The standard InChI is InChI=1S/C25H22N2O3/c1-15-7-2-3-8-16(15)23-22-19(25(29)27-23)10-4-12-20(22)26-24(28)18-9-5-13-21-17(18)11-6-14-30-21/h2-5,7-10,12-13,23H,6,11,14H2,1H3,(H,26,28)(H,27,29). The number of amides is 2. The topological polar surface area (TPSA) is 67.4 Å². The second-order valence-corrected chi connectivity index (χ2v) is 7.72. The second-order valence-electron chi connectivity index (χ2n) is 7.72. The molecule has 2 heterocycles. The number of hydrogen-bond acceptors (Lipinski definition) is 3. The zero-order valence-electron chi connectivity index (χ0n) is 16.7. The van der Waals surface area contributed by atoms with E-state index in [1.54, 1.807) is 12.1 Å². The molecular weight excluding hydrogens is 376 g/mol. The Kier molecular flexibility index (Phi) is 4.51. The summed E-state index contributed by atoms with van der Waals surface area (Å²) in [5.74, 6) is 0.468. The third kappa shape index (κ3) is 3.03. The van der Waals surface area contributed by atoms with Crippen molar-refractivity contribution in [1.82, 2.24) is 5.32 Å². The SMILES string of the molecule is Cc1ccccc1C1NC(=O)c2cccc(NC(=O)c3cccc4c3CCCO4)c21. The number of carbonyl (C=O) groups is 2. The van der Waals surface area contributed by atoms with Crippen molar-refractivity contribution in [2.45, 2.75) is 25.8 Å². The van der Waals surface area contributed by atoms with Crippen LogP contribution in [-0.4, -0.2) is 18.4 Å². The van der Waals surface area contributed by atoms with E-state index < -0.39 is 0 Å². The summed E-state index contributed by atoms with van der Waals surface area (Å²) in [5.41, 5.74) is 5.74. The first kappa shape index (κ1) is 18.4. The lowest BCUT2D eigenvalue weighted by Crippen LogP contribution is -2.22. The van der Waals surface area contributed by atoms with Crippen LogP contribution in [0.15, 0.2) is 60.7 Å². The molecule has 2 aliphatic rings. The maximum absolute atomic E-state index is 13.2. The molecule has 150 valence electrons. The average Bonchev–Trinajstić information content (AvgIpc) is 3.11. The molecule has 0 saturated carbocycles. The van der Waals surface area contributed by atoms with E-state index in [9.17, 15) is 9.59 Å². The summed E-state index contributed by atoms with van der Waals surface area (Å²) in [6, 6.07) is 18.7. The number of aryl methyl sites for hydroxylation is 1. The largest absolute Gasteiger partial charge is 0.493 e. The molecular formula is C25H22N2O3. The predicted octanol–water partition coefficient (Wildman–Crippen LogP) is 4.41. The van der Waals surface area contributed by atoms with E-state index in [2.05, 4.69) is 10.6 Å². The zero-order valence-corrected chi connectivity index (χ0v) is 16.7. The van der Waals surface area contributed by atoms with Crippen LogP contribution in [0.2, 0.25) is 0 Å². The fourth-order valence-electron chi connectivity index (χ4n) is 4.40. The molecule has 0 radical (unpaired) electrons. The first-order valence-electron chi connectivity index (χ1n) is 10.2. The van der Waals surface area contributed by atoms with Crippen molar-refractivity contribution < 1.29 is 14.3 Å². The van der Waals surface area contributed by atoms with E-state index >= 15 is 0 Å². The number of ether oxygens (including phenoxy) is 1. The fourth-order valence-corrected chi connectivity index (χ4v) is 4.40. The number of carbonyl (C=O) groups excluding carboxylic acids is 2. The fraction of sp³-hybridized carbons (Fsp3) is 0.200. The summed E-state index contributed by atoms with van der Waals surface area (Å²) < 4.78 is 5.71. The van der Waals surface area contributed by atoms with Crippen molar-refractivity contribution >= 4 is 17.5 Å². The van der Waals surface area contributed by atoms with Gasteiger partial charge in [0.05, 0.1) is 12.6 Å². The molecule has 5 nitrogen and oxygen atoms in total. The van der Waals surface area contributed by atoms with Gasteiger partial charge in [-0.15, -0.1) is 0 Å². The average molecular weight is 398 g/mol. The number of rotatable bonds is 3. The van der Waals surface area contributed by atoms with Crippen LogP contribution in [0.1, 0.15) is 55.4 Å². The second kappa shape index (κ2) is 7.34. The summed E-state index contributed by atoms with van der Waals surface area (Å²) >= 11 is 0. The van der Waals surface area contributed by atoms with Gasteiger partial charge >= 0.3 is 0 Å². The van der Waals surface area contributed by atoms with Gasteiger partial charge in [0.1, 0.15) is 5.75 Å². The first-order chi connectivity index (χ1) is 14.6. The van der Waals surface area contributed by atoms with Crippen LogP contribution in [-0.2, 0) is 6.42 Å². The Morgan fingerprint density at radius 2 is 1.90 bits per heavy atom. The minimum Gasteiger partial charge on any atom is -0.493 e. The highest BCUT2D eigenvalue weighted by atomic mass is 16.5. The third-order valence-corrected chi connectivity index (χ3v) is 5.87. The van der Waals surface area contributed by atoms with Crippen LogP contribution in [0.25, 0.3) is 0 Å². The molecule has 5 rings (SSSR count). The molecule has 0 bridgehead atoms. The highest BCUT2D eigenvalue weighted by Gasteiger charge is 2.33. The molecule has 0 aliphatic carbocycles. The molecule has 0 saturated heterocycles. The molecule has 3 aromatic rings. The third-order valence-electron chi connectivity index (χ3n) is 5.87. The van der Waals surface area contributed by atoms with Gasteiger partial charge in [-0.05, 0) is 55.2 Å². The van der Waals surface area contributed by atoms with E-state index in [4.69, 9.17) is 4.74 Å². The van der Waals surface area contributed by atoms with Crippen molar-refractivity contribution in [3.63, 3.8) is 0 Å². The highest BCUT2D eigenvalue weighted by Crippen LogP contribution is 2.38. The van der Waals surface area contributed by atoms with Crippen molar-refractivity contribution in [2.24, 2.45) is 0 Å². The summed E-state index contributed by atoms with van der Waals surface area (Å²) in [4.78, 5) is 25.8. The molecule has 2 amide bonds. The van der Waals surface area contributed by atoms with Crippen molar-refractivity contribution in [1.29, 1.82) is 0 Å². The molecule has 5 heteroatoms. The molecule has 3 aromatic carbocycles. The van der Waals surface area contributed by atoms with E-state index in [1.807, 2.05) is 55.5 Å².